The van der Waals surface area contributed by atoms with Crippen molar-refractivity contribution in [2.24, 2.45) is 29.4 Å². The molecule has 17 nitrogen and oxygen atoms in total. The number of fused-ring (bicyclic) bond motifs is 3. The van der Waals surface area contributed by atoms with E-state index >= 15 is 0 Å². The summed E-state index contributed by atoms with van der Waals surface area (Å²) in [6.07, 6.45) is -1.12. The van der Waals surface area contributed by atoms with Crippen molar-refractivity contribution in [2.75, 3.05) is 51.7 Å². The first-order valence-corrected chi connectivity index (χ1v) is 19.6. The number of hydrogen-bond donors (Lipinski definition) is 4. The number of nitrogens with two attached hydrogens (primary N) is 1. The Morgan fingerprint density at radius 2 is 1.56 bits per heavy atom. The Hall–Kier alpha value is -6.46. The molecule has 3 aromatic rings. The summed E-state index contributed by atoms with van der Waals surface area (Å²) in [6.45, 7) is 3.52. The molecule has 6 atom stereocenters. The van der Waals surface area contributed by atoms with E-state index in [-0.39, 0.29) is 29.7 Å². The lowest BCUT2D eigenvalue weighted by molar-refractivity contribution is -0.181. The number of phenolic OH excluding ortho intramolecular Hbond substituents is 1. The van der Waals surface area contributed by atoms with Gasteiger partial charge in [0.05, 0.1) is 28.8 Å². The summed E-state index contributed by atoms with van der Waals surface area (Å²) >= 11 is 0. The summed E-state index contributed by atoms with van der Waals surface area (Å²) in [4.78, 5) is 112. The number of rotatable bonds is 10. The highest BCUT2D eigenvalue weighted by atomic mass is 16.7. The maximum absolute atomic E-state index is 14.4. The van der Waals surface area contributed by atoms with Gasteiger partial charge in [0.1, 0.15) is 12.3 Å². The van der Waals surface area contributed by atoms with Gasteiger partial charge in [-0.15, -0.1) is 0 Å². The zero-order valence-corrected chi connectivity index (χ0v) is 34.9. The van der Waals surface area contributed by atoms with Crippen molar-refractivity contribution in [1.82, 2.24) is 9.80 Å². The van der Waals surface area contributed by atoms with Crippen LogP contribution < -0.4 is 16.0 Å². The zero-order chi connectivity index (χ0) is 44.9. The van der Waals surface area contributed by atoms with E-state index in [0.29, 0.717) is 16.8 Å². The molecular weight excluding hydrogens is 791 g/mol. The Morgan fingerprint density at radius 3 is 2.16 bits per heavy atom. The number of carbonyl (C=O) groups excluding carboxylic acids is 8. The van der Waals surface area contributed by atoms with Crippen molar-refractivity contribution in [2.45, 2.75) is 50.8 Å². The Bertz CT molecular complexity index is 2340. The summed E-state index contributed by atoms with van der Waals surface area (Å²) in [5.74, 6) is -13.8. The lowest BCUT2D eigenvalue weighted by atomic mass is 9.52. The molecule has 0 spiro atoms. The summed E-state index contributed by atoms with van der Waals surface area (Å²) in [5, 5.41) is 26.1. The Kier molecular flexibility index (Phi) is 12.0. The van der Waals surface area contributed by atoms with Gasteiger partial charge in [0, 0.05) is 31.2 Å². The highest BCUT2D eigenvalue weighted by Crippen LogP contribution is 2.52. The number of benzene rings is 3. The van der Waals surface area contributed by atoms with Gasteiger partial charge >= 0.3 is 12.1 Å². The molecule has 0 aromatic heterocycles. The first kappa shape index (κ1) is 44.1. The van der Waals surface area contributed by atoms with Gasteiger partial charge in [0.2, 0.25) is 18.6 Å². The number of ether oxygens (including phenoxy) is 2. The number of anilines is 2. The monoisotopic (exact) mass is 839 g/mol. The maximum Gasteiger partial charge on any atom is 0.413 e. The van der Waals surface area contributed by atoms with Gasteiger partial charge in [-0.1, -0.05) is 48.5 Å². The lowest BCUT2D eigenvalue weighted by Crippen LogP contribution is -2.74. The first-order chi connectivity index (χ1) is 28.6. The molecule has 6 rings (SSSR count). The van der Waals surface area contributed by atoms with E-state index < -0.39 is 107 Å². The van der Waals surface area contributed by atoms with E-state index in [1.807, 2.05) is 30.3 Å². The quantitative estimate of drug-likeness (QED) is 0.0993. The van der Waals surface area contributed by atoms with Crippen LogP contribution in [0.5, 0.6) is 5.75 Å². The largest absolute Gasteiger partial charge is 0.505 e. The topological polar surface area (TPSA) is 243 Å². The van der Waals surface area contributed by atoms with E-state index in [2.05, 4.69) is 5.32 Å². The zero-order valence-electron chi connectivity index (χ0n) is 34.9. The van der Waals surface area contributed by atoms with Gasteiger partial charge < -0.3 is 35.6 Å². The molecule has 322 valence electrons. The number of esters is 1. The molecule has 0 radical (unpaired) electrons. The fourth-order valence-electron chi connectivity index (χ4n) is 8.88. The molecule has 17 heteroatoms. The highest BCUT2D eigenvalue weighted by Gasteiger charge is 2.69. The number of primary amides is 1. The number of phenols is 1. The van der Waals surface area contributed by atoms with E-state index in [4.69, 9.17) is 15.2 Å². The fraction of sp³-hybridized carbons (Fsp3) is 0.409. The van der Waals surface area contributed by atoms with Crippen LogP contribution >= 0.6 is 0 Å². The SMILES string of the molecule is CN(C)c1cc(NC(=O)CN(C(=O)OCOC(=O)c2ccccc2-c2ccccc2)C(C)(C)C)c(O)c2c1C[C@H]1C[C@H]3[C@H](N(C)C)C(=O)C(C(N)=O)C(=O)[C@@]3(O)C(=O)C1C2=O. The molecule has 3 aromatic carbocycles. The van der Waals surface area contributed by atoms with Crippen LogP contribution in [0.1, 0.15) is 53.5 Å². The summed E-state index contributed by atoms with van der Waals surface area (Å²) in [5.41, 5.74) is 3.28. The second-order valence-corrected chi connectivity index (χ2v) is 17.0. The Morgan fingerprint density at radius 1 is 0.918 bits per heavy atom. The van der Waals surface area contributed by atoms with E-state index in [1.165, 1.54) is 25.1 Å². The van der Waals surface area contributed by atoms with Crippen molar-refractivity contribution in [3.05, 3.63) is 77.4 Å². The van der Waals surface area contributed by atoms with Crippen LogP contribution in [-0.4, -0.2) is 126 Å². The molecule has 0 bridgehead atoms. The first-order valence-electron chi connectivity index (χ1n) is 19.6. The second kappa shape index (κ2) is 16.5. The van der Waals surface area contributed by atoms with Crippen LogP contribution in [0.2, 0.25) is 0 Å². The van der Waals surface area contributed by atoms with Crippen LogP contribution in [0.15, 0.2) is 60.7 Å². The molecule has 3 amide bonds. The minimum absolute atomic E-state index is 0.00714. The summed E-state index contributed by atoms with van der Waals surface area (Å²) in [6, 6.07) is 16.1. The number of hydrogen-bond acceptors (Lipinski definition) is 14. The Labute approximate surface area is 351 Å². The average molecular weight is 840 g/mol. The standard InChI is InChI=1S/C44H49N5O12/c1-43(2,3)49(42(58)61-21-60-41(57)25-16-12-11-15-24(25)22-13-9-8-10-14-22)20-30(50)46-28-19-29(47(4)5)26-17-23-18-27-34(48(6)7)37(53)33(40(45)56)39(55)44(27,59)38(54)31(23)36(52)32(26)35(28)51/h8-16,19,23,27,31,33-34,51,59H,17-18,20-21H2,1-7H3,(H2,45,56)(H,46,50)/t23-,27-,31?,33?,34-,44-/m0/s1. The molecule has 3 aliphatic rings. The van der Waals surface area contributed by atoms with Crippen LogP contribution in [0.3, 0.4) is 0 Å². The predicted molar refractivity (Wildman–Crippen MR) is 219 cm³/mol. The number of likely N-dealkylation sites (N-methyl/N-ethyl adjacent to an activating group) is 1. The van der Waals surface area contributed by atoms with Crippen LogP contribution in [-0.2, 0) is 39.9 Å². The van der Waals surface area contributed by atoms with E-state index in [0.717, 1.165) is 10.5 Å². The molecule has 5 N–H and O–H groups in total. The van der Waals surface area contributed by atoms with Crippen molar-refractivity contribution >= 4 is 58.4 Å². The van der Waals surface area contributed by atoms with Gasteiger partial charge in [-0.2, -0.15) is 0 Å². The number of nitrogens with zero attached hydrogens (tertiary/aromatic N) is 3. The predicted octanol–water partition coefficient (Wildman–Crippen LogP) is 2.59. The van der Waals surface area contributed by atoms with Gasteiger partial charge in [-0.3, -0.25) is 38.6 Å². The van der Waals surface area contributed by atoms with Gasteiger partial charge in [-0.25, -0.2) is 9.59 Å². The molecule has 0 aliphatic heterocycles. The number of aromatic hydroxyl groups is 1. The molecule has 3 aliphatic carbocycles. The van der Waals surface area contributed by atoms with Gasteiger partial charge in [0.25, 0.3) is 0 Å². The molecule has 2 fully saturated rings. The third-order valence-electron chi connectivity index (χ3n) is 11.7. The van der Waals surface area contributed by atoms with E-state index in [1.54, 1.807) is 64.0 Å². The number of aliphatic hydroxyl groups is 1. The average Bonchev–Trinajstić information content (AvgIpc) is 3.18. The van der Waals surface area contributed by atoms with Crippen molar-refractivity contribution in [1.29, 1.82) is 0 Å². The normalized spacial score (nSPS) is 23.3. The molecule has 0 saturated heterocycles. The van der Waals surface area contributed by atoms with Gasteiger partial charge in [-0.05, 0) is 82.4 Å². The molecule has 61 heavy (non-hydrogen) atoms. The summed E-state index contributed by atoms with van der Waals surface area (Å²) < 4.78 is 10.6. The number of nitrogens with one attached hydrogen (secondary N) is 1. The fourth-order valence-corrected chi connectivity index (χ4v) is 8.88. The van der Waals surface area contributed by atoms with E-state index in [9.17, 15) is 48.6 Å². The lowest BCUT2D eigenvalue weighted by Gasteiger charge is -2.52. The van der Waals surface area contributed by atoms with Crippen LogP contribution in [0.25, 0.3) is 11.1 Å². The second-order valence-electron chi connectivity index (χ2n) is 17.0. The van der Waals surface area contributed by atoms with Crippen molar-refractivity contribution in [3.63, 3.8) is 0 Å². The third kappa shape index (κ3) is 7.86. The third-order valence-corrected chi connectivity index (χ3v) is 11.7. The van der Waals surface area contributed by atoms with Gasteiger partial charge in [0.15, 0.2) is 34.7 Å². The minimum atomic E-state index is -2.90. The maximum atomic E-state index is 14.4. The Balaban J connectivity index is 1.22. The van der Waals surface area contributed by atoms with Crippen LogP contribution in [0.4, 0.5) is 16.2 Å². The molecule has 2 saturated carbocycles. The van der Waals surface area contributed by atoms with Crippen molar-refractivity contribution < 1.29 is 58.0 Å². The number of ketones is 4. The number of carbonyl (C=O) groups is 8. The minimum Gasteiger partial charge on any atom is -0.505 e. The van der Waals surface area contributed by atoms with Crippen LogP contribution in [0, 0.1) is 23.7 Å². The highest BCUT2D eigenvalue weighted by molar-refractivity contribution is 6.32. The molecular formula is C44H49N5O12. The smallest absolute Gasteiger partial charge is 0.413 e. The number of amides is 3. The summed E-state index contributed by atoms with van der Waals surface area (Å²) in [7, 11) is 6.33. The molecule has 0 heterocycles. The number of Topliss-reactive ketones (excluding diaryl/α,β-unsaturated/α-hetero) is 4. The van der Waals surface area contributed by atoms with Crippen molar-refractivity contribution in [3.8, 4) is 16.9 Å². The molecule has 2 unspecified atom stereocenters.